The van der Waals surface area contributed by atoms with Crippen molar-refractivity contribution in [3.8, 4) is 0 Å². The summed E-state index contributed by atoms with van der Waals surface area (Å²) in [5.41, 5.74) is 4.78. The second kappa shape index (κ2) is 5.00. The van der Waals surface area contributed by atoms with Crippen molar-refractivity contribution in [2.45, 2.75) is 12.1 Å². The molecule has 3 heterocycles. The first kappa shape index (κ1) is 14.4. The average molecular weight is 304 g/mol. The number of rotatable bonds is 3. The van der Waals surface area contributed by atoms with Gasteiger partial charge in [0, 0.05) is 25.0 Å². The van der Waals surface area contributed by atoms with Gasteiger partial charge < -0.3 is 20.7 Å². The molecule has 22 heavy (non-hydrogen) atoms. The highest BCUT2D eigenvalue weighted by Crippen LogP contribution is 2.25. The van der Waals surface area contributed by atoms with Crippen LogP contribution < -0.4 is 16.5 Å². The highest BCUT2D eigenvalue weighted by molar-refractivity contribution is 5.92. The molecule has 2 atom stereocenters. The van der Waals surface area contributed by atoms with Gasteiger partial charge >= 0.3 is 5.97 Å². The molecule has 0 spiro atoms. The molecule has 1 saturated heterocycles. The molecule has 2 aromatic rings. The van der Waals surface area contributed by atoms with E-state index in [1.807, 2.05) is 0 Å². The molecule has 1 aliphatic heterocycles. The number of carboxylic acid groups (broad SMARTS) is 1. The quantitative estimate of drug-likeness (QED) is 0.752. The Morgan fingerprint density at radius 3 is 2.86 bits per heavy atom. The molecule has 0 bridgehead atoms. The van der Waals surface area contributed by atoms with Crippen molar-refractivity contribution >= 4 is 23.2 Å². The fourth-order valence-corrected chi connectivity index (χ4v) is 2.44. The van der Waals surface area contributed by atoms with Crippen LogP contribution in [-0.2, 0) is 0 Å². The van der Waals surface area contributed by atoms with Crippen LogP contribution in [0.4, 0.5) is 4.39 Å². The van der Waals surface area contributed by atoms with E-state index in [1.165, 1.54) is 10.8 Å². The second-order valence-corrected chi connectivity index (χ2v) is 5.04. The van der Waals surface area contributed by atoms with Gasteiger partial charge in [0.15, 0.2) is 0 Å². The zero-order valence-corrected chi connectivity index (χ0v) is 11.4. The number of carbonyl (C=O) groups is 1. The van der Waals surface area contributed by atoms with Crippen molar-refractivity contribution in [2.24, 2.45) is 5.73 Å². The van der Waals surface area contributed by atoms with Crippen LogP contribution in [-0.4, -0.2) is 33.2 Å². The number of aromatic carboxylic acids is 1. The molecule has 2 aromatic heterocycles. The van der Waals surface area contributed by atoms with Gasteiger partial charge in [-0.1, -0.05) is 6.58 Å². The number of nitrogens with zero attached hydrogens (tertiary/aromatic N) is 2. The molecule has 0 amide bonds. The summed E-state index contributed by atoms with van der Waals surface area (Å²) in [5, 5.41) is 11.9. The Bertz CT molecular complexity index is 861. The van der Waals surface area contributed by atoms with Crippen molar-refractivity contribution < 1.29 is 14.3 Å². The fraction of sp³-hybridized carbons (Fsp3) is 0.214. The number of halogens is 1. The fourth-order valence-electron chi connectivity index (χ4n) is 2.44. The maximum absolute atomic E-state index is 14.2. The largest absolute Gasteiger partial charge is 0.477 e. The van der Waals surface area contributed by atoms with Crippen LogP contribution in [0.3, 0.4) is 0 Å². The monoisotopic (exact) mass is 304 g/mol. The van der Waals surface area contributed by atoms with Crippen LogP contribution in [0.2, 0.25) is 0 Å². The molecular formula is C14H13FN4O3. The van der Waals surface area contributed by atoms with E-state index in [2.05, 4.69) is 16.9 Å². The number of aromatic nitrogens is 2. The van der Waals surface area contributed by atoms with Gasteiger partial charge in [-0.2, -0.15) is 0 Å². The van der Waals surface area contributed by atoms with E-state index in [0.717, 1.165) is 12.3 Å². The van der Waals surface area contributed by atoms with E-state index >= 15 is 0 Å². The number of nitrogens with two attached hydrogens (primary N) is 1. The number of hydrogen-bond donors (Lipinski definition) is 3. The van der Waals surface area contributed by atoms with Gasteiger partial charge in [0.05, 0.1) is 17.1 Å². The summed E-state index contributed by atoms with van der Waals surface area (Å²) < 4.78 is 15.5. The number of hydrogen-bond acceptors (Lipinski definition) is 5. The van der Waals surface area contributed by atoms with E-state index in [0.29, 0.717) is 6.54 Å². The summed E-state index contributed by atoms with van der Waals surface area (Å²) in [4.78, 5) is 27.4. The molecule has 3 rings (SSSR count). The highest BCUT2D eigenvalue weighted by atomic mass is 19.1. The molecule has 1 aliphatic rings. The standard InChI is InChI=1S/C14H13FN4O3/c1-2-19-5-7(14(21)22)12(20)6-3-8(15)10(18-13(6)19)11-9(16)4-17-11/h2-3,5,9,11,17H,1,4,16H2,(H,21,22). The molecule has 2 unspecified atom stereocenters. The van der Waals surface area contributed by atoms with E-state index < -0.39 is 28.8 Å². The van der Waals surface area contributed by atoms with Crippen LogP contribution in [0.5, 0.6) is 0 Å². The van der Waals surface area contributed by atoms with E-state index in [9.17, 15) is 14.0 Å². The lowest BCUT2D eigenvalue weighted by molar-refractivity contribution is 0.0695. The van der Waals surface area contributed by atoms with Gasteiger partial charge in [-0.3, -0.25) is 4.79 Å². The van der Waals surface area contributed by atoms with Gasteiger partial charge in [-0.25, -0.2) is 14.2 Å². The number of fused-ring (bicyclic) bond motifs is 1. The summed E-state index contributed by atoms with van der Waals surface area (Å²) in [6, 6.07) is 0.303. The van der Waals surface area contributed by atoms with Gasteiger partial charge in [-0.15, -0.1) is 0 Å². The van der Waals surface area contributed by atoms with Crippen LogP contribution in [0, 0.1) is 5.82 Å². The SMILES string of the molecule is C=Cn1cc(C(=O)O)c(=O)c2cc(F)c(C3NCC3N)nc21. The lowest BCUT2D eigenvalue weighted by atomic mass is 9.96. The smallest absolute Gasteiger partial charge is 0.341 e. The van der Waals surface area contributed by atoms with E-state index in [4.69, 9.17) is 10.8 Å². The predicted molar refractivity (Wildman–Crippen MR) is 78.0 cm³/mol. The third kappa shape index (κ3) is 2.00. The Hall–Kier alpha value is -2.58. The summed E-state index contributed by atoms with van der Waals surface area (Å²) >= 11 is 0. The lowest BCUT2D eigenvalue weighted by Crippen LogP contribution is -2.56. The zero-order valence-electron chi connectivity index (χ0n) is 11.4. The molecule has 7 nitrogen and oxygen atoms in total. The molecule has 0 radical (unpaired) electrons. The Morgan fingerprint density at radius 2 is 2.36 bits per heavy atom. The molecule has 0 aliphatic carbocycles. The Labute approximate surface area is 123 Å². The minimum absolute atomic E-state index is 0.101. The Balaban J connectivity index is 2.33. The molecule has 0 saturated carbocycles. The first-order valence-corrected chi connectivity index (χ1v) is 6.54. The second-order valence-electron chi connectivity index (χ2n) is 5.04. The average Bonchev–Trinajstić information content (AvgIpc) is 2.47. The normalized spacial score (nSPS) is 20.6. The minimum atomic E-state index is -1.39. The van der Waals surface area contributed by atoms with Crippen LogP contribution in [0.25, 0.3) is 17.2 Å². The molecule has 8 heteroatoms. The number of pyridine rings is 2. The minimum Gasteiger partial charge on any atom is -0.477 e. The lowest BCUT2D eigenvalue weighted by Gasteiger charge is -2.34. The van der Waals surface area contributed by atoms with Crippen molar-refractivity contribution in [3.63, 3.8) is 0 Å². The topological polar surface area (TPSA) is 110 Å². The summed E-state index contributed by atoms with van der Waals surface area (Å²) in [6.07, 6.45) is 2.42. The van der Waals surface area contributed by atoms with Crippen molar-refractivity contribution in [1.29, 1.82) is 0 Å². The van der Waals surface area contributed by atoms with Crippen molar-refractivity contribution in [1.82, 2.24) is 14.9 Å². The summed E-state index contributed by atoms with van der Waals surface area (Å²) in [6.45, 7) is 4.10. The predicted octanol–water partition coefficient (Wildman–Crippen LogP) is 0.306. The molecular weight excluding hydrogens is 291 g/mol. The number of carboxylic acids is 1. The van der Waals surface area contributed by atoms with Crippen molar-refractivity contribution in [2.75, 3.05) is 6.54 Å². The van der Waals surface area contributed by atoms with Crippen LogP contribution >= 0.6 is 0 Å². The van der Waals surface area contributed by atoms with Crippen molar-refractivity contribution in [3.05, 3.63) is 46.1 Å². The molecule has 114 valence electrons. The highest BCUT2D eigenvalue weighted by Gasteiger charge is 2.32. The number of nitrogens with one attached hydrogen (secondary N) is 1. The molecule has 0 aromatic carbocycles. The third-order valence-electron chi connectivity index (χ3n) is 3.71. The maximum Gasteiger partial charge on any atom is 0.341 e. The van der Waals surface area contributed by atoms with Gasteiger partial charge in [0.2, 0.25) is 5.43 Å². The van der Waals surface area contributed by atoms with E-state index in [-0.39, 0.29) is 22.8 Å². The summed E-state index contributed by atoms with van der Waals surface area (Å²) in [5.74, 6) is -2.09. The zero-order chi connectivity index (χ0) is 16.0. The van der Waals surface area contributed by atoms with E-state index in [1.54, 1.807) is 0 Å². The Morgan fingerprint density at radius 1 is 1.64 bits per heavy atom. The third-order valence-corrected chi connectivity index (χ3v) is 3.71. The van der Waals surface area contributed by atoms with Crippen LogP contribution in [0.1, 0.15) is 22.1 Å². The van der Waals surface area contributed by atoms with Crippen LogP contribution in [0.15, 0.2) is 23.6 Å². The van der Waals surface area contributed by atoms with Gasteiger partial charge in [-0.05, 0) is 6.07 Å². The first-order chi connectivity index (χ1) is 10.4. The maximum atomic E-state index is 14.2. The summed E-state index contributed by atoms with van der Waals surface area (Å²) in [7, 11) is 0. The Kier molecular flexibility index (Phi) is 3.27. The van der Waals surface area contributed by atoms with Gasteiger partial charge in [0.1, 0.15) is 17.0 Å². The van der Waals surface area contributed by atoms with Gasteiger partial charge in [0.25, 0.3) is 0 Å². The molecule has 4 N–H and O–H groups in total. The molecule has 1 fully saturated rings. The first-order valence-electron chi connectivity index (χ1n) is 6.54.